The Labute approximate surface area is 92.1 Å². The van der Waals surface area contributed by atoms with Crippen molar-refractivity contribution in [1.29, 1.82) is 0 Å². The van der Waals surface area contributed by atoms with E-state index in [1.54, 1.807) is 0 Å². The summed E-state index contributed by atoms with van der Waals surface area (Å²) in [5, 5.41) is 0. The van der Waals surface area contributed by atoms with Crippen molar-refractivity contribution in [2.45, 2.75) is 33.2 Å². The smallest absolute Gasteiger partial charge is 0.323 e. The SMILES string of the molecule is C/C=C\C1CC(C(=O)OCC)N(CC)C1. The van der Waals surface area contributed by atoms with Crippen LogP contribution in [0.25, 0.3) is 0 Å². The summed E-state index contributed by atoms with van der Waals surface area (Å²) in [5.74, 6) is 0.440. The third-order valence-electron chi connectivity index (χ3n) is 2.87. The molecule has 1 fully saturated rings. The Morgan fingerprint density at radius 2 is 2.27 bits per heavy atom. The van der Waals surface area contributed by atoms with Crippen molar-refractivity contribution < 1.29 is 9.53 Å². The Kier molecular flexibility index (Phi) is 4.82. The van der Waals surface area contributed by atoms with Gasteiger partial charge in [-0.15, -0.1) is 0 Å². The number of ether oxygens (including phenoxy) is 1. The topological polar surface area (TPSA) is 29.5 Å². The van der Waals surface area contributed by atoms with E-state index in [0.29, 0.717) is 12.5 Å². The summed E-state index contributed by atoms with van der Waals surface area (Å²) in [4.78, 5) is 13.9. The molecule has 0 bridgehead atoms. The van der Waals surface area contributed by atoms with Crippen LogP contribution >= 0.6 is 0 Å². The third kappa shape index (κ3) is 3.06. The van der Waals surface area contributed by atoms with Crippen molar-refractivity contribution in [3.05, 3.63) is 12.2 Å². The highest BCUT2D eigenvalue weighted by atomic mass is 16.5. The van der Waals surface area contributed by atoms with E-state index in [-0.39, 0.29) is 12.0 Å². The molecule has 0 spiro atoms. The van der Waals surface area contributed by atoms with Gasteiger partial charge in [-0.25, -0.2) is 0 Å². The lowest BCUT2D eigenvalue weighted by atomic mass is 10.1. The maximum absolute atomic E-state index is 11.7. The molecule has 2 unspecified atom stereocenters. The van der Waals surface area contributed by atoms with Crippen molar-refractivity contribution >= 4 is 5.97 Å². The molecule has 0 amide bonds. The summed E-state index contributed by atoms with van der Waals surface area (Å²) >= 11 is 0. The molecule has 1 aliphatic rings. The largest absolute Gasteiger partial charge is 0.465 e. The number of likely N-dealkylation sites (N-methyl/N-ethyl adjacent to an activating group) is 1. The van der Waals surface area contributed by atoms with Gasteiger partial charge in [-0.1, -0.05) is 19.1 Å². The average molecular weight is 211 g/mol. The van der Waals surface area contributed by atoms with Gasteiger partial charge in [0.05, 0.1) is 6.61 Å². The Morgan fingerprint density at radius 3 is 2.80 bits per heavy atom. The van der Waals surface area contributed by atoms with Gasteiger partial charge in [0.1, 0.15) is 6.04 Å². The lowest BCUT2D eigenvalue weighted by Crippen LogP contribution is -2.37. The first kappa shape index (κ1) is 12.2. The monoisotopic (exact) mass is 211 g/mol. The van der Waals surface area contributed by atoms with Gasteiger partial charge in [0.25, 0.3) is 0 Å². The Morgan fingerprint density at radius 1 is 1.53 bits per heavy atom. The minimum atomic E-state index is -0.0636. The first-order valence-corrected chi connectivity index (χ1v) is 5.76. The van der Waals surface area contributed by atoms with Crippen LogP contribution in [0.3, 0.4) is 0 Å². The number of carbonyl (C=O) groups is 1. The first-order chi connectivity index (χ1) is 7.22. The molecule has 1 aliphatic heterocycles. The Balaban J connectivity index is 2.59. The standard InChI is InChI=1S/C12H21NO2/c1-4-7-10-8-11(12(14)15-6-3)13(5-2)9-10/h4,7,10-11H,5-6,8-9H2,1-3H3/b7-4-. The van der Waals surface area contributed by atoms with Gasteiger partial charge in [0.2, 0.25) is 0 Å². The van der Waals surface area contributed by atoms with Crippen LogP contribution in [0.1, 0.15) is 27.2 Å². The van der Waals surface area contributed by atoms with E-state index in [4.69, 9.17) is 4.74 Å². The first-order valence-electron chi connectivity index (χ1n) is 5.76. The van der Waals surface area contributed by atoms with Crippen molar-refractivity contribution in [3.63, 3.8) is 0 Å². The van der Waals surface area contributed by atoms with Crippen LogP contribution in [-0.4, -0.2) is 36.6 Å². The molecule has 0 aromatic heterocycles. The molecule has 0 aliphatic carbocycles. The van der Waals surface area contributed by atoms with Gasteiger partial charge in [0, 0.05) is 6.54 Å². The molecule has 3 nitrogen and oxygen atoms in total. The molecule has 15 heavy (non-hydrogen) atoms. The lowest BCUT2D eigenvalue weighted by Gasteiger charge is -2.20. The summed E-state index contributed by atoms with van der Waals surface area (Å²) < 4.78 is 5.08. The highest BCUT2D eigenvalue weighted by molar-refractivity contribution is 5.76. The number of carbonyl (C=O) groups excluding carboxylic acids is 1. The number of hydrogen-bond acceptors (Lipinski definition) is 3. The van der Waals surface area contributed by atoms with Gasteiger partial charge < -0.3 is 4.74 Å². The molecular weight excluding hydrogens is 190 g/mol. The van der Waals surface area contributed by atoms with Crippen LogP contribution in [0.2, 0.25) is 0 Å². The van der Waals surface area contributed by atoms with Gasteiger partial charge >= 0.3 is 5.97 Å². The number of hydrogen-bond donors (Lipinski definition) is 0. The molecular formula is C12H21NO2. The second-order valence-electron chi connectivity index (χ2n) is 3.88. The van der Waals surface area contributed by atoms with Crippen LogP contribution in [-0.2, 0) is 9.53 Å². The summed E-state index contributed by atoms with van der Waals surface area (Å²) in [6.07, 6.45) is 5.14. The molecule has 3 heteroatoms. The molecule has 86 valence electrons. The molecule has 1 saturated heterocycles. The van der Waals surface area contributed by atoms with E-state index < -0.39 is 0 Å². The van der Waals surface area contributed by atoms with E-state index in [1.165, 1.54) is 0 Å². The van der Waals surface area contributed by atoms with Crippen molar-refractivity contribution in [2.75, 3.05) is 19.7 Å². The van der Waals surface area contributed by atoms with Crippen LogP contribution in [0.15, 0.2) is 12.2 Å². The van der Waals surface area contributed by atoms with Crippen LogP contribution in [0.4, 0.5) is 0 Å². The molecule has 0 radical (unpaired) electrons. The summed E-state index contributed by atoms with van der Waals surface area (Å²) in [6.45, 7) is 8.33. The molecule has 0 N–H and O–H groups in total. The van der Waals surface area contributed by atoms with Gasteiger partial charge in [-0.3, -0.25) is 9.69 Å². The van der Waals surface area contributed by atoms with Crippen LogP contribution in [0.5, 0.6) is 0 Å². The zero-order valence-electron chi connectivity index (χ0n) is 9.90. The maximum atomic E-state index is 11.7. The average Bonchev–Trinajstić information content (AvgIpc) is 2.62. The van der Waals surface area contributed by atoms with E-state index in [9.17, 15) is 4.79 Å². The molecule has 0 aromatic carbocycles. The van der Waals surface area contributed by atoms with Crippen LogP contribution < -0.4 is 0 Å². The van der Waals surface area contributed by atoms with E-state index in [2.05, 4.69) is 24.0 Å². The summed E-state index contributed by atoms with van der Waals surface area (Å²) in [6, 6.07) is -0.0313. The fraction of sp³-hybridized carbons (Fsp3) is 0.750. The number of likely N-dealkylation sites (tertiary alicyclic amines) is 1. The zero-order valence-corrected chi connectivity index (χ0v) is 9.90. The van der Waals surface area contributed by atoms with Crippen LogP contribution in [0, 0.1) is 5.92 Å². The number of nitrogens with zero attached hydrogens (tertiary/aromatic N) is 1. The predicted octanol–water partition coefficient (Wildman–Crippen LogP) is 1.84. The van der Waals surface area contributed by atoms with E-state index in [1.807, 2.05) is 13.8 Å². The normalized spacial score (nSPS) is 27.4. The summed E-state index contributed by atoms with van der Waals surface area (Å²) in [7, 11) is 0. The molecule has 1 heterocycles. The second-order valence-corrected chi connectivity index (χ2v) is 3.88. The van der Waals surface area contributed by atoms with Gasteiger partial charge in [0.15, 0.2) is 0 Å². The highest BCUT2D eigenvalue weighted by Gasteiger charge is 2.35. The van der Waals surface area contributed by atoms with Crippen molar-refractivity contribution in [3.8, 4) is 0 Å². The predicted molar refractivity (Wildman–Crippen MR) is 60.6 cm³/mol. The molecule has 0 saturated carbocycles. The van der Waals surface area contributed by atoms with Crippen molar-refractivity contribution in [2.24, 2.45) is 5.92 Å². The maximum Gasteiger partial charge on any atom is 0.323 e. The highest BCUT2D eigenvalue weighted by Crippen LogP contribution is 2.24. The fourth-order valence-corrected chi connectivity index (χ4v) is 2.18. The van der Waals surface area contributed by atoms with Gasteiger partial charge in [-0.05, 0) is 32.7 Å². The number of rotatable bonds is 4. The number of allylic oxidation sites excluding steroid dienone is 1. The molecule has 1 rings (SSSR count). The minimum Gasteiger partial charge on any atom is -0.465 e. The lowest BCUT2D eigenvalue weighted by molar-refractivity contribution is -0.148. The number of esters is 1. The quantitative estimate of drug-likeness (QED) is 0.525. The minimum absolute atomic E-state index is 0.0313. The van der Waals surface area contributed by atoms with Crippen molar-refractivity contribution in [1.82, 2.24) is 4.90 Å². The summed E-state index contributed by atoms with van der Waals surface area (Å²) in [5.41, 5.74) is 0. The van der Waals surface area contributed by atoms with Gasteiger partial charge in [-0.2, -0.15) is 0 Å². The Bertz CT molecular complexity index is 238. The second kappa shape index (κ2) is 5.91. The molecule has 2 atom stereocenters. The Hall–Kier alpha value is -0.830. The zero-order chi connectivity index (χ0) is 11.3. The van der Waals surface area contributed by atoms with E-state index >= 15 is 0 Å². The molecule has 0 aromatic rings. The fourth-order valence-electron chi connectivity index (χ4n) is 2.18. The third-order valence-corrected chi connectivity index (χ3v) is 2.87. The van der Waals surface area contributed by atoms with E-state index in [0.717, 1.165) is 19.5 Å².